The van der Waals surface area contributed by atoms with Crippen molar-refractivity contribution in [1.29, 1.82) is 0 Å². The molecule has 0 radical (unpaired) electrons. The Hall–Kier alpha value is -1.39. The molecule has 0 spiro atoms. The van der Waals surface area contributed by atoms with Crippen molar-refractivity contribution in [2.45, 2.75) is 57.8 Å². The summed E-state index contributed by atoms with van der Waals surface area (Å²) in [5.41, 5.74) is 0.354. The fraction of sp³-hybridized carbons (Fsp3) is 0.600. The maximum Gasteiger partial charge on any atom is 0.323 e. The summed E-state index contributed by atoms with van der Waals surface area (Å²) in [6.07, 6.45) is 1.54. The van der Waals surface area contributed by atoms with Gasteiger partial charge in [0.15, 0.2) is 0 Å². The third kappa shape index (κ3) is 6.31. The first-order valence-corrected chi connectivity index (χ1v) is 10.3. The van der Waals surface area contributed by atoms with Crippen LogP contribution in [0.2, 0.25) is 0 Å². The number of ether oxygens (including phenoxy) is 2. The van der Waals surface area contributed by atoms with Crippen LogP contribution in [0.25, 0.3) is 0 Å². The van der Waals surface area contributed by atoms with Gasteiger partial charge in [-0.1, -0.05) is 18.2 Å². The predicted octanol–water partition coefficient (Wildman–Crippen LogP) is 3.11. The van der Waals surface area contributed by atoms with E-state index in [0.29, 0.717) is 19.5 Å². The van der Waals surface area contributed by atoms with Crippen LogP contribution in [0.1, 0.15) is 39.2 Å². The van der Waals surface area contributed by atoms with Gasteiger partial charge in [0.05, 0.1) is 7.11 Å². The zero-order chi connectivity index (χ0) is 20.9. The van der Waals surface area contributed by atoms with Gasteiger partial charge in [-0.15, -0.1) is 0 Å². The molecule has 7 nitrogen and oxygen atoms in total. The zero-order valence-electron chi connectivity index (χ0n) is 16.9. The number of rotatable bonds is 8. The fourth-order valence-corrected chi connectivity index (χ4v) is 4.08. The third-order valence-electron chi connectivity index (χ3n) is 4.59. The van der Waals surface area contributed by atoms with Gasteiger partial charge in [-0.25, -0.2) is 3.11 Å². The van der Waals surface area contributed by atoms with Crippen LogP contribution in [0.3, 0.4) is 0 Å². The van der Waals surface area contributed by atoms with E-state index in [4.69, 9.17) is 9.47 Å². The molecule has 2 rings (SSSR count). The summed E-state index contributed by atoms with van der Waals surface area (Å²) in [5.74, 6) is -0.473. The molecule has 0 aliphatic carbocycles. The summed E-state index contributed by atoms with van der Waals surface area (Å²) < 4.78 is 12.6. The first-order valence-electron chi connectivity index (χ1n) is 9.36. The smallest absolute Gasteiger partial charge is 0.323 e. The quantitative estimate of drug-likeness (QED) is 0.331. The number of esters is 1. The van der Waals surface area contributed by atoms with Crippen LogP contribution in [0.5, 0.6) is 5.75 Å². The number of aliphatic carboxylic acids is 1. The maximum absolute atomic E-state index is 12.5. The molecule has 0 saturated carbocycles. The van der Waals surface area contributed by atoms with Gasteiger partial charge < -0.3 is 14.6 Å². The van der Waals surface area contributed by atoms with E-state index in [1.54, 1.807) is 10.2 Å². The number of carboxylic acids is 1. The molecular formula is C20H29IN2O5. The molecule has 1 N–H and O–H groups in total. The van der Waals surface area contributed by atoms with E-state index in [-0.39, 0.29) is 12.5 Å². The highest BCUT2D eigenvalue weighted by molar-refractivity contribution is 14.1. The molecule has 1 unspecified atom stereocenters. The van der Waals surface area contributed by atoms with E-state index < -0.39 is 23.7 Å². The number of carbonyl (C=O) groups excluding carboxylic acids is 1. The van der Waals surface area contributed by atoms with Gasteiger partial charge in [-0.05, 0) is 46.2 Å². The Bertz CT molecular complexity index is 691. The highest BCUT2D eigenvalue weighted by Crippen LogP contribution is 2.26. The van der Waals surface area contributed by atoms with Crippen molar-refractivity contribution in [3.63, 3.8) is 0 Å². The number of halogens is 1. The summed E-state index contributed by atoms with van der Waals surface area (Å²) in [6.45, 7) is 6.88. The number of methoxy groups -OCH3 is 1. The fourth-order valence-electron chi connectivity index (χ4n) is 3.30. The molecule has 28 heavy (non-hydrogen) atoms. The zero-order valence-corrected chi connectivity index (χ0v) is 19.0. The number of hydrogen-bond donors (Lipinski definition) is 1. The molecular weight excluding hydrogens is 475 g/mol. The Morgan fingerprint density at radius 2 is 2.04 bits per heavy atom. The Balaban J connectivity index is 2.09. The molecule has 1 aliphatic rings. The monoisotopic (exact) mass is 504 g/mol. The van der Waals surface area contributed by atoms with Crippen LogP contribution >= 0.6 is 22.9 Å². The van der Waals surface area contributed by atoms with Crippen molar-refractivity contribution in [2.24, 2.45) is 0 Å². The van der Waals surface area contributed by atoms with E-state index in [0.717, 1.165) is 17.7 Å². The van der Waals surface area contributed by atoms with Gasteiger partial charge >= 0.3 is 11.9 Å². The Morgan fingerprint density at radius 1 is 1.36 bits per heavy atom. The number of carboxylic acid groups (broad SMARTS) is 1. The molecule has 1 aliphatic heterocycles. The van der Waals surface area contributed by atoms with Crippen molar-refractivity contribution in [3.05, 3.63) is 29.8 Å². The van der Waals surface area contributed by atoms with Crippen LogP contribution in [-0.4, -0.2) is 62.9 Å². The average Bonchev–Trinajstić information content (AvgIpc) is 3.06. The largest absolute Gasteiger partial charge is 0.496 e. The van der Waals surface area contributed by atoms with Crippen LogP contribution in [0, 0.1) is 0 Å². The van der Waals surface area contributed by atoms with Gasteiger partial charge in [-0.3, -0.25) is 14.5 Å². The summed E-state index contributed by atoms with van der Waals surface area (Å²) in [4.78, 5) is 26.4. The lowest BCUT2D eigenvalue weighted by Gasteiger charge is -2.31. The van der Waals surface area contributed by atoms with E-state index in [2.05, 4.69) is 0 Å². The summed E-state index contributed by atoms with van der Waals surface area (Å²) >= 11 is 2.04. The molecule has 1 aromatic carbocycles. The number of para-hydroxylation sites is 1. The molecule has 8 heteroatoms. The first-order chi connectivity index (χ1) is 13.1. The number of benzene rings is 1. The lowest BCUT2D eigenvalue weighted by molar-refractivity contribution is -0.161. The highest BCUT2D eigenvalue weighted by Gasteiger charge is 2.37. The van der Waals surface area contributed by atoms with Crippen LogP contribution < -0.4 is 4.74 Å². The Kier molecular flexibility index (Phi) is 8.08. The molecule has 0 bridgehead atoms. The van der Waals surface area contributed by atoms with Crippen molar-refractivity contribution >= 4 is 34.8 Å². The van der Waals surface area contributed by atoms with Gasteiger partial charge in [-0.2, -0.15) is 0 Å². The number of nitrogens with zero attached hydrogens (tertiary/aromatic N) is 2. The van der Waals surface area contributed by atoms with E-state index in [9.17, 15) is 14.7 Å². The minimum absolute atomic E-state index is 0.261. The molecule has 0 aromatic heterocycles. The predicted molar refractivity (Wildman–Crippen MR) is 114 cm³/mol. The lowest BCUT2D eigenvalue weighted by Crippen LogP contribution is -2.49. The summed E-state index contributed by atoms with van der Waals surface area (Å²) in [7, 11) is 1.60. The molecule has 1 aromatic rings. The van der Waals surface area contributed by atoms with Gasteiger partial charge in [0.2, 0.25) is 0 Å². The average molecular weight is 504 g/mol. The standard InChI is InChI=1S/C20H29IN2O5/c1-20(2,3)28-19(26)15-9-7-11-22(15)13-16(18(24)25)23(21)12-14-8-5-6-10-17(14)27-4/h5-6,8,10,15-16H,7,9,11-13H2,1-4H3,(H,24,25)/t15?,16-/m0/s1. The summed E-state index contributed by atoms with van der Waals surface area (Å²) in [6, 6.07) is 6.41. The van der Waals surface area contributed by atoms with Crippen LogP contribution in [-0.2, 0) is 20.9 Å². The van der Waals surface area contributed by atoms with Gasteiger partial charge in [0.25, 0.3) is 0 Å². The van der Waals surface area contributed by atoms with E-state index >= 15 is 0 Å². The summed E-state index contributed by atoms with van der Waals surface area (Å²) in [5, 5.41) is 9.80. The van der Waals surface area contributed by atoms with E-state index in [1.165, 1.54) is 0 Å². The van der Waals surface area contributed by atoms with Crippen LogP contribution in [0.15, 0.2) is 24.3 Å². The number of hydrogen-bond acceptors (Lipinski definition) is 6. The minimum Gasteiger partial charge on any atom is -0.496 e. The Morgan fingerprint density at radius 3 is 2.64 bits per heavy atom. The topological polar surface area (TPSA) is 79.3 Å². The highest BCUT2D eigenvalue weighted by atomic mass is 127. The number of likely N-dealkylation sites (tertiary alicyclic amines) is 1. The van der Waals surface area contributed by atoms with Crippen LogP contribution in [0.4, 0.5) is 0 Å². The van der Waals surface area contributed by atoms with E-state index in [1.807, 2.05) is 72.8 Å². The first kappa shape index (κ1) is 22.9. The second kappa shape index (κ2) is 9.89. The third-order valence-corrected chi connectivity index (χ3v) is 5.60. The van der Waals surface area contributed by atoms with Crippen molar-refractivity contribution < 1.29 is 24.2 Å². The Labute approximate surface area is 180 Å². The van der Waals surface area contributed by atoms with Gasteiger partial charge in [0, 0.05) is 41.5 Å². The van der Waals surface area contributed by atoms with Crippen molar-refractivity contribution in [1.82, 2.24) is 8.01 Å². The molecule has 1 heterocycles. The van der Waals surface area contributed by atoms with Gasteiger partial charge in [0.1, 0.15) is 23.4 Å². The lowest BCUT2D eigenvalue weighted by atomic mass is 10.1. The molecule has 1 fully saturated rings. The molecule has 2 atom stereocenters. The second-order valence-corrected chi connectivity index (χ2v) is 9.15. The number of carbonyl (C=O) groups is 2. The maximum atomic E-state index is 12.5. The SMILES string of the molecule is COc1ccccc1CN(I)[C@@H](CN1CCCC1C(=O)OC(C)(C)C)C(=O)O. The molecule has 0 amide bonds. The van der Waals surface area contributed by atoms with Crippen molar-refractivity contribution in [3.8, 4) is 5.75 Å². The normalized spacial score (nSPS) is 18.9. The minimum atomic E-state index is -0.917. The van der Waals surface area contributed by atoms with Crippen molar-refractivity contribution in [2.75, 3.05) is 20.2 Å². The second-order valence-electron chi connectivity index (χ2n) is 7.91. The molecule has 156 valence electrons. The molecule has 1 saturated heterocycles.